The Morgan fingerprint density at radius 1 is 0.963 bits per heavy atom. The van der Waals surface area contributed by atoms with Crippen LogP contribution in [0, 0.1) is 0 Å². The molecule has 0 fully saturated rings. The van der Waals surface area contributed by atoms with Crippen molar-refractivity contribution in [2.75, 3.05) is 0 Å². The lowest BCUT2D eigenvalue weighted by Crippen LogP contribution is -1.96. The monoisotopic (exact) mass is 435 g/mol. The van der Waals surface area contributed by atoms with E-state index in [1.807, 2.05) is 35.7 Å². The van der Waals surface area contributed by atoms with Crippen LogP contribution in [0.3, 0.4) is 0 Å². The second kappa shape index (κ2) is 8.24. The van der Waals surface area contributed by atoms with Crippen LogP contribution < -0.4 is 4.74 Å². The van der Waals surface area contributed by atoms with Crippen molar-refractivity contribution in [2.45, 2.75) is 25.5 Å². The molecule has 0 amide bonds. The Morgan fingerprint density at radius 2 is 1.78 bits per heavy atom. The first-order chi connectivity index (χ1) is 13.1. The van der Waals surface area contributed by atoms with Gasteiger partial charge in [0.2, 0.25) is 0 Å². The predicted molar refractivity (Wildman–Crippen MR) is 115 cm³/mol. The fourth-order valence-electron chi connectivity index (χ4n) is 3.09. The quantitative estimate of drug-likeness (QED) is 0.403. The highest BCUT2D eigenvalue weighted by Gasteiger charge is 2.22. The predicted octanol–water partition coefficient (Wildman–Crippen LogP) is 7.61. The number of benzene rings is 2. The van der Waals surface area contributed by atoms with E-state index < -0.39 is 0 Å². The summed E-state index contributed by atoms with van der Waals surface area (Å²) in [6.45, 7) is 0.443. The summed E-state index contributed by atoms with van der Waals surface area (Å²) in [5, 5.41) is 3.89. The van der Waals surface area contributed by atoms with Crippen molar-refractivity contribution in [3.05, 3.63) is 85.0 Å². The molecule has 138 valence electrons. The maximum Gasteiger partial charge on any atom is 0.119 e. The van der Waals surface area contributed by atoms with Crippen molar-refractivity contribution in [1.29, 1.82) is 0 Å². The van der Waals surface area contributed by atoms with E-state index in [-0.39, 0.29) is 6.04 Å². The molecule has 1 unspecified atom stereocenters. The minimum absolute atomic E-state index is 0.183. The zero-order valence-electron chi connectivity index (χ0n) is 14.3. The SMILES string of the molecule is Clc1ccc(COc2ccc(C3CCC(c4sccc4Cl)=N3)cc2)cc1Cl. The van der Waals surface area contributed by atoms with Crippen molar-refractivity contribution < 1.29 is 4.74 Å². The second-order valence-electron chi connectivity index (χ2n) is 6.33. The number of hydrogen-bond donors (Lipinski definition) is 0. The van der Waals surface area contributed by atoms with Gasteiger partial charge in [-0.1, -0.05) is 53.0 Å². The van der Waals surface area contributed by atoms with Crippen molar-refractivity contribution in [2.24, 2.45) is 4.99 Å². The van der Waals surface area contributed by atoms with E-state index >= 15 is 0 Å². The Labute approximate surface area is 177 Å². The fraction of sp³-hybridized carbons (Fsp3) is 0.190. The van der Waals surface area contributed by atoms with Crippen LogP contribution in [-0.4, -0.2) is 5.71 Å². The van der Waals surface area contributed by atoms with Crippen molar-refractivity contribution in [3.8, 4) is 5.75 Å². The van der Waals surface area contributed by atoms with Gasteiger partial charge >= 0.3 is 0 Å². The second-order valence-corrected chi connectivity index (χ2v) is 8.47. The minimum Gasteiger partial charge on any atom is -0.489 e. The van der Waals surface area contributed by atoms with E-state index in [0.29, 0.717) is 16.7 Å². The third kappa shape index (κ3) is 4.33. The van der Waals surface area contributed by atoms with Gasteiger partial charge in [-0.2, -0.15) is 0 Å². The summed E-state index contributed by atoms with van der Waals surface area (Å²) in [6, 6.07) is 15.8. The molecule has 1 aliphatic heterocycles. The van der Waals surface area contributed by atoms with Crippen LogP contribution in [0.2, 0.25) is 15.1 Å². The van der Waals surface area contributed by atoms with Crippen LogP contribution in [0.1, 0.15) is 34.9 Å². The first kappa shape index (κ1) is 18.8. The summed E-state index contributed by atoms with van der Waals surface area (Å²) in [5.74, 6) is 0.813. The Balaban J connectivity index is 1.41. The van der Waals surface area contributed by atoms with Crippen LogP contribution >= 0.6 is 46.1 Å². The van der Waals surface area contributed by atoms with Gasteiger partial charge in [0.15, 0.2) is 0 Å². The third-order valence-corrected chi connectivity index (χ3v) is 6.63. The minimum atomic E-state index is 0.183. The average Bonchev–Trinajstić information content (AvgIpc) is 3.32. The lowest BCUT2D eigenvalue weighted by atomic mass is 10.0. The molecule has 27 heavy (non-hydrogen) atoms. The molecule has 0 N–H and O–H groups in total. The van der Waals surface area contributed by atoms with Gasteiger partial charge in [0.25, 0.3) is 0 Å². The number of nitrogens with zero attached hydrogens (tertiary/aromatic N) is 1. The molecule has 0 saturated heterocycles. The van der Waals surface area contributed by atoms with E-state index in [1.54, 1.807) is 17.4 Å². The van der Waals surface area contributed by atoms with Gasteiger partial charge < -0.3 is 4.74 Å². The molecule has 0 bridgehead atoms. The molecule has 0 radical (unpaired) electrons. The van der Waals surface area contributed by atoms with Crippen molar-refractivity contribution in [1.82, 2.24) is 0 Å². The Morgan fingerprint density at radius 3 is 2.48 bits per heavy atom. The number of halogens is 3. The highest BCUT2D eigenvalue weighted by atomic mass is 35.5. The van der Waals surface area contributed by atoms with E-state index in [2.05, 4.69) is 12.1 Å². The number of hydrogen-bond acceptors (Lipinski definition) is 3. The molecule has 0 aliphatic carbocycles. The highest BCUT2D eigenvalue weighted by Crippen LogP contribution is 2.35. The summed E-state index contributed by atoms with van der Waals surface area (Å²) < 4.78 is 5.85. The summed E-state index contributed by atoms with van der Waals surface area (Å²) >= 11 is 19.9. The molecule has 0 spiro atoms. The lowest BCUT2D eigenvalue weighted by molar-refractivity contribution is 0.306. The normalized spacial score (nSPS) is 16.4. The zero-order valence-corrected chi connectivity index (χ0v) is 17.4. The summed E-state index contributed by atoms with van der Waals surface area (Å²) in [7, 11) is 0. The molecule has 1 aliphatic rings. The molecule has 4 rings (SSSR count). The van der Waals surface area contributed by atoms with Crippen LogP contribution in [0.25, 0.3) is 0 Å². The maximum atomic E-state index is 6.24. The molecule has 2 nitrogen and oxygen atoms in total. The van der Waals surface area contributed by atoms with Crippen molar-refractivity contribution >= 4 is 51.9 Å². The largest absolute Gasteiger partial charge is 0.489 e. The van der Waals surface area contributed by atoms with Gasteiger partial charge in [-0.3, -0.25) is 4.99 Å². The molecule has 2 aromatic carbocycles. The highest BCUT2D eigenvalue weighted by molar-refractivity contribution is 7.12. The lowest BCUT2D eigenvalue weighted by Gasteiger charge is -2.10. The number of aliphatic imine (C=N–C) groups is 1. The van der Waals surface area contributed by atoms with E-state index in [1.165, 1.54) is 5.56 Å². The van der Waals surface area contributed by atoms with Gasteiger partial charge in [0.05, 0.1) is 31.7 Å². The Kier molecular flexibility index (Phi) is 5.74. The van der Waals surface area contributed by atoms with Crippen LogP contribution in [0.15, 0.2) is 58.9 Å². The summed E-state index contributed by atoms with van der Waals surface area (Å²) in [5.41, 5.74) is 3.28. The number of rotatable bonds is 5. The van der Waals surface area contributed by atoms with Crippen molar-refractivity contribution in [3.63, 3.8) is 0 Å². The zero-order chi connectivity index (χ0) is 18.8. The fourth-order valence-corrected chi connectivity index (χ4v) is 4.60. The Hall–Kier alpha value is -1.52. The standard InChI is InChI=1S/C21H16Cl3NOS/c22-16-6-1-13(11-18(16)24)12-26-15-4-2-14(3-5-15)19-7-8-20(25-19)21-17(23)9-10-27-21/h1-6,9-11,19H,7-8,12H2. The summed E-state index contributed by atoms with van der Waals surface area (Å²) in [6.07, 6.45) is 1.97. The average molecular weight is 437 g/mol. The molecule has 2 heterocycles. The molecule has 1 aromatic heterocycles. The summed E-state index contributed by atoms with van der Waals surface area (Å²) in [4.78, 5) is 5.98. The number of ether oxygens (including phenoxy) is 1. The van der Waals surface area contributed by atoms with Gasteiger partial charge in [0.1, 0.15) is 12.4 Å². The van der Waals surface area contributed by atoms with Gasteiger partial charge in [-0.25, -0.2) is 0 Å². The molecular weight excluding hydrogens is 421 g/mol. The third-order valence-electron chi connectivity index (χ3n) is 4.50. The first-order valence-corrected chi connectivity index (χ1v) is 10.6. The topological polar surface area (TPSA) is 21.6 Å². The molecule has 0 saturated carbocycles. The van der Waals surface area contributed by atoms with E-state index in [4.69, 9.17) is 44.5 Å². The molecule has 1 atom stereocenters. The Bertz CT molecular complexity index is 981. The molecular formula is C21H16Cl3NOS. The number of thiophene rings is 1. The van der Waals surface area contributed by atoms with E-state index in [9.17, 15) is 0 Å². The maximum absolute atomic E-state index is 6.24. The molecule has 3 aromatic rings. The van der Waals surface area contributed by atoms with Gasteiger partial charge in [-0.15, -0.1) is 11.3 Å². The first-order valence-electron chi connectivity index (χ1n) is 8.57. The van der Waals surface area contributed by atoms with Gasteiger partial charge in [0, 0.05) is 0 Å². The van der Waals surface area contributed by atoms with Crippen LogP contribution in [-0.2, 0) is 6.61 Å². The van der Waals surface area contributed by atoms with Gasteiger partial charge in [-0.05, 0) is 59.7 Å². The van der Waals surface area contributed by atoms with E-state index in [0.717, 1.165) is 39.8 Å². The van der Waals surface area contributed by atoms with Crippen LogP contribution in [0.5, 0.6) is 5.75 Å². The van der Waals surface area contributed by atoms with Crippen LogP contribution in [0.4, 0.5) is 0 Å². The smallest absolute Gasteiger partial charge is 0.119 e. The molecule has 6 heteroatoms.